The van der Waals surface area contributed by atoms with Crippen LogP contribution in [0.1, 0.15) is 73.6 Å². The Morgan fingerprint density at radius 2 is 1.63 bits per heavy atom. The Hall–Kier alpha value is -0.260. The molecule has 0 heterocycles. The number of allylic oxidation sites excluding steroid dienone is 1. The molecular formula is C19H36. The Balaban J connectivity index is 2.51. The molecule has 0 aromatic heterocycles. The van der Waals surface area contributed by atoms with Gasteiger partial charge in [0, 0.05) is 0 Å². The van der Waals surface area contributed by atoms with Gasteiger partial charge >= 0.3 is 0 Å². The van der Waals surface area contributed by atoms with Crippen molar-refractivity contribution in [2.75, 3.05) is 0 Å². The van der Waals surface area contributed by atoms with Gasteiger partial charge in [-0.1, -0.05) is 66.0 Å². The summed E-state index contributed by atoms with van der Waals surface area (Å²) in [5.41, 5.74) is 1.41. The lowest BCUT2D eigenvalue weighted by Crippen LogP contribution is -2.33. The van der Waals surface area contributed by atoms with E-state index in [2.05, 4.69) is 48.1 Å². The van der Waals surface area contributed by atoms with E-state index in [-0.39, 0.29) is 0 Å². The van der Waals surface area contributed by atoms with E-state index in [1.807, 2.05) is 0 Å². The van der Waals surface area contributed by atoms with Crippen molar-refractivity contribution in [1.29, 1.82) is 0 Å². The Bertz CT molecular complexity index is 266. The number of rotatable bonds is 6. The third-order valence-electron chi connectivity index (χ3n) is 5.76. The summed E-state index contributed by atoms with van der Waals surface area (Å²) in [6.07, 6.45) is 7.02. The molecule has 1 aliphatic carbocycles. The van der Waals surface area contributed by atoms with Gasteiger partial charge in [0.1, 0.15) is 0 Å². The Kier molecular flexibility index (Phi) is 6.63. The fourth-order valence-corrected chi connectivity index (χ4v) is 4.33. The van der Waals surface area contributed by atoms with E-state index in [0.717, 1.165) is 35.5 Å². The highest BCUT2D eigenvalue weighted by atomic mass is 14.4. The maximum atomic E-state index is 4.22. The fraction of sp³-hybridized carbons (Fsp3) is 0.895. The van der Waals surface area contributed by atoms with Crippen LogP contribution in [0.5, 0.6) is 0 Å². The summed E-state index contributed by atoms with van der Waals surface area (Å²) < 4.78 is 0. The first-order valence-electron chi connectivity index (χ1n) is 8.52. The summed E-state index contributed by atoms with van der Waals surface area (Å²) in [5, 5.41) is 0. The van der Waals surface area contributed by atoms with Gasteiger partial charge in [-0.15, -0.1) is 0 Å². The van der Waals surface area contributed by atoms with Gasteiger partial charge < -0.3 is 0 Å². The normalized spacial score (nSPS) is 34.8. The molecule has 0 aliphatic heterocycles. The van der Waals surface area contributed by atoms with E-state index in [4.69, 9.17) is 0 Å². The third kappa shape index (κ3) is 4.65. The van der Waals surface area contributed by atoms with Gasteiger partial charge in [0.2, 0.25) is 0 Å². The van der Waals surface area contributed by atoms with Crippen molar-refractivity contribution in [3.63, 3.8) is 0 Å². The van der Waals surface area contributed by atoms with Crippen LogP contribution in [-0.2, 0) is 0 Å². The topological polar surface area (TPSA) is 0 Å². The van der Waals surface area contributed by atoms with Gasteiger partial charge in [0.15, 0.2) is 0 Å². The molecule has 0 nitrogen and oxygen atoms in total. The van der Waals surface area contributed by atoms with Crippen molar-refractivity contribution in [3.05, 3.63) is 12.2 Å². The summed E-state index contributed by atoms with van der Waals surface area (Å²) in [4.78, 5) is 0. The van der Waals surface area contributed by atoms with E-state index >= 15 is 0 Å². The molecular weight excluding hydrogens is 228 g/mol. The summed E-state index contributed by atoms with van der Waals surface area (Å²) >= 11 is 0. The lowest BCUT2D eigenvalue weighted by Gasteiger charge is -2.42. The average Bonchev–Trinajstić information content (AvgIpc) is 2.33. The smallest absolute Gasteiger partial charge is 0.0157 e. The van der Waals surface area contributed by atoms with Crippen LogP contribution in [0.3, 0.4) is 0 Å². The lowest BCUT2D eigenvalue weighted by atomic mass is 9.63. The molecule has 0 amide bonds. The monoisotopic (exact) mass is 264 g/mol. The second-order valence-corrected chi connectivity index (χ2v) is 7.63. The van der Waals surface area contributed by atoms with E-state index in [0.29, 0.717) is 0 Å². The molecule has 0 radical (unpaired) electrons. The molecule has 0 spiro atoms. The van der Waals surface area contributed by atoms with E-state index in [9.17, 15) is 0 Å². The maximum Gasteiger partial charge on any atom is -0.0157 e. The zero-order valence-electron chi connectivity index (χ0n) is 14.2. The zero-order chi connectivity index (χ0) is 14.6. The molecule has 1 saturated carbocycles. The molecule has 0 aromatic carbocycles. The van der Waals surface area contributed by atoms with Crippen LogP contribution >= 0.6 is 0 Å². The molecule has 0 saturated heterocycles. The van der Waals surface area contributed by atoms with Gasteiger partial charge in [-0.25, -0.2) is 0 Å². The predicted octanol–water partition coefficient (Wildman–Crippen LogP) is 6.32. The fourth-order valence-electron chi connectivity index (χ4n) is 4.33. The van der Waals surface area contributed by atoms with E-state index in [1.54, 1.807) is 0 Å². The third-order valence-corrected chi connectivity index (χ3v) is 5.76. The van der Waals surface area contributed by atoms with Gasteiger partial charge in [-0.3, -0.25) is 0 Å². The second-order valence-electron chi connectivity index (χ2n) is 7.63. The van der Waals surface area contributed by atoms with Crippen LogP contribution in [0, 0.1) is 35.5 Å². The molecule has 0 aromatic rings. The molecule has 4 atom stereocenters. The Morgan fingerprint density at radius 1 is 1.11 bits per heavy atom. The zero-order valence-corrected chi connectivity index (χ0v) is 14.2. The molecule has 19 heavy (non-hydrogen) atoms. The van der Waals surface area contributed by atoms with E-state index in [1.165, 1.54) is 37.7 Å². The minimum absolute atomic E-state index is 0.762. The van der Waals surface area contributed by atoms with Crippen molar-refractivity contribution >= 4 is 0 Å². The molecule has 0 bridgehead atoms. The summed E-state index contributed by atoms with van der Waals surface area (Å²) in [6, 6.07) is 0. The minimum atomic E-state index is 0.762. The molecule has 1 aliphatic rings. The highest BCUT2D eigenvalue weighted by Gasteiger charge is 2.35. The Labute approximate surface area is 122 Å². The SMILES string of the molecule is C=C(C)C1C(C)CC(C(C)CCC(C)CC)CC1C. The highest BCUT2D eigenvalue weighted by molar-refractivity contribution is 5.03. The first-order chi connectivity index (χ1) is 8.86. The summed E-state index contributed by atoms with van der Waals surface area (Å²) in [5.74, 6) is 5.19. The molecule has 0 heteroatoms. The summed E-state index contributed by atoms with van der Waals surface area (Å²) in [7, 11) is 0. The van der Waals surface area contributed by atoms with Crippen molar-refractivity contribution in [2.45, 2.75) is 73.6 Å². The first-order valence-corrected chi connectivity index (χ1v) is 8.52. The van der Waals surface area contributed by atoms with Crippen LogP contribution in [0.4, 0.5) is 0 Å². The molecule has 112 valence electrons. The molecule has 1 fully saturated rings. The van der Waals surface area contributed by atoms with E-state index < -0.39 is 0 Å². The molecule has 4 unspecified atom stereocenters. The van der Waals surface area contributed by atoms with Gasteiger partial charge in [0.25, 0.3) is 0 Å². The molecule has 1 rings (SSSR count). The second kappa shape index (κ2) is 7.50. The van der Waals surface area contributed by atoms with Crippen LogP contribution < -0.4 is 0 Å². The minimum Gasteiger partial charge on any atom is -0.0998 e. The predicted molar refractivity (Wildman–Crippen MR) is 87.2 cm³/mol. The average molecular weight is 264 g/mol. The van der Waals surface area contributed by atoms with Gasteiger partial charge in [-0.2, -0.15) is 0 Å². The van der Waals surface area contributed by atoms with Crippen LogP contribution in [-0.4, -0.2) is 0 Å². The van der Waals surface area contributed by atoms with Crippen molar-refractivity contribution in [1.82, 2.24) is 0 Å². The number of hydrogen-bond acceptors (Lipinski definition) is 0. The van der Waals surface area contributed by atoms with Crippen LogP contribution in [0.25, 0.3) is 0 Å². The van der Waals surface area contributed by atoms with Crippen LogP contribution in [0.15, 0.2) is 12.2 Å². The van der Waals surface area contributed by atoms with Crippen molar-refractivity contribution in [2.24, 2.45) is 35.5 Å². The van der Waals surface area contributed by atoms with Crippen molar-refractivity contribution < 1.29 is 0 Å². The largest absolute Gasteiger partial charge is 0.0998 e. The lowest BCUT2D eigenvalue weighted by molar-refractivity contribution is 0.112. The summed E-state index contributed by atoms with van der Waals surface area (Å²) in [6.45, 7) is 18.6. The first kappa shape index (κ1) is 16.8. The Morgan fingerprint density at radius 3 is 2.05 bits per heavy atom. The van der Waals surface area contributed by atoms with Crippen LogP contribution in [0.2, 0.25) is 0 Å². The van der Waals surface area contributed by atoms with Gasteiger partial charge in [0.05, 0.1) is 0 Å². The van der Waals surface area contributed by atoms with Crippen molar-refractivity contribution in [3.8, 4) is 0 Å². The van der Waals surface area contributed by atoms with Gasteiger partial charge in [-0.05, 0) is 55.3 Å². The molecule has 0 N–H and O–H groups in total. The quantitative estimate of drug-likeness (QED) is 0.492. The number of hydrogen-bond donors (Lipinski definition) is 0. The standard InChI is InChI=1S/C19H36/c1-8-14(4)9-10-15(5)18-11-16(6)19(13(2)3)17(7)12-18/h14-19H,2,8-12H2,1,3-7H3. The maximum absolute atomic E-state index is 4.22. The highest BCUT2D eigenvalue weighted by Crippen LogP contribution is 2.44.